The van der Waals surface area contributed by atoms with Crippen LogP contribution in [0.15, 0.2) is 42.5 Å². The van der Waals surface area contributed by atoms with E-state index in [1.165, 1.54) is 12.1 Å². The first-order valence-corrected chi connectivity index (χ1v) is 10.7. The van der Waals surface area contributed by atoms with E-state index < -0.39 is 5.82 Å². The van der Waals surface area contributed by atoms with Crippen LogP contribution in [0.25, 0.3) is 0 Å². The largest absolute Gasteiger partial charge is 0.493 e. The highest BCUT2D eigenvalue weighted by molar-refractivity contribution is 6.33. The van der Waals surface area contributed by atoms with E-state index in [0.717, 1.165) is 31.7 Å². The quantitative estimate of drug-likeness (QED) is 0.743. The van der Waals surface area contributed by atoms with Gasteiger partial charge in [-0.05, 0) is 68.1 Å². The Bertz CT molecular complexity index is 931. The van der Waals surface area contributed by atoms with Crippen molar-refractivity contribution in [1.29, 1.82) is 0 Å². The Balaban J connectivity index is 1.30. The van der Waals surface area contributed by atoms with E-state index in [-0.39, 0.29) is 22.8 Å². The Labute approximate surface area is 180 Å². The molecule has 0 aromatic heterocycles. The molecule has 7 heteroatoms. The molecule has 5 nitrogen and oxygen atoms in total. The topological polar surface area (TPSA) is 58.6 Å². The van der Waals surface area contributed by atoms with E-state index in [0.29, 0.717) is 42.6 Å². The average Bonchev–Trinajstić information content (AvgIpc) is 3.56. The molecule has 1 N–H and O–H groups in total. The van der Waals surface area contributed by atoms with Crippen LogP contribution in [-0.4, -0.2) is 42.5 Å². The molecular weight excluding hydrogens is 407 g/mol. The molecule has 2 amide bonds. The van der Waals surface area contributed by atoms with Crippen LogP contribution in [0, 0.1) is 11.7 Å². The van der Waals surface area contributed by atoms with Gasteiger partial charge in [0.25, 0.3) is 11.8 Å². The lowest BCUT2D eigenvalue weighted by Gasteiger charge is -2.33. The third kappa shape index (κ3) is 5.11. The van der Waals surface area contributed by atoms with Crippen LogP contribution < -0.4 is 10.1 Å². The van der Waals surface area contributed by atoms with E-state index >= 15 is 0 Å². The lowest BCUT2D eigenvalue weighted by atomic mass is 9.98. The van der Waals surface area contributed by atoms with Gasteiger partial charge >= 0.3 is 0 Å². The zero-order valence-electron chi connectivity index (χ0n) is 16.6. The van der Waals surface area contributed by atoms with Crippen molar-refractivity contribution in [2.45, 2.75) is 31.7 Å². The second-order valence-corrected chi connectivity index (χ2v) is 8.37. The van der Waals surface area contributed by atoms with E-state index in [1.54, 1.807) is 29.2 Å². The van der Waals surface area contributed by atoms with Crippen molar-refractivity contribution < 1.29 is 18.7 Å². The summed E-state index contributed by atoms with van der Waals surface area (Å²) in [7, 11) is 0. The number of piperidine rings is 1. The number of hydrogen-bond acceptors (Lipinski definition) is 3. The van der Waals surface area contributed by atoms with Gasteiger partial charge in [-0.2, -0.15) is 0 Å². The third-order valence-electron chi connectivity index (χ3n) is 5.48. The molecule has 2 aromatic rings. The number of nitrogens with one attached hydrogen (secondary N) is 1. The third-order valence-corrected chi connectivity index (χ3v) is 5.80. The SMILES string of the molecule is O=C(NC1CC1)c1ccc(OC[C@H]2CCCN(C(=O)c3ccc(F)cc3Cl)C2)cc1. The number of rotatable bonds is 6. The van der Waals surface area contributed by atoms with Gasteiger partial charge in [0.05, 0.1) is 17.2 Å². The maximum Gasteiger partial charge on any atom is 0.255 e. The monoisotopic (exact) mass is 430 g/mol. The first-order valence-electron chi connectivity index (χ1n) is 10.3. The van der Waals surface area contributed by atoms with Gasteiger partial charge in [-0.25, -0.2) is 4.39 Å². The smallest absolute Gasteiger partial charge is 0.255 e. The first kappa shape index (κ1) is 20.7. The van der Waals surface area contributed by atoms with Gasteiger partial charge in [0.1, 0.15) is 11.6 Å². The molecule has 0 unspecified atom stereocenters. The predicted octanol–water partition coefficient (Wildman–Crippen LogP) is 4.30. The number of ether oxygens (including phenoxy) is 1. The lowest BCUT2D eigenvalue weighted by Crippen LogP contribution is -2.41. The van der Waals surface area contributed by atoms with E-state index in [4.69, 9.17) is 16.3 Å². The Morgan fingerprint density at radius 2 is 1.90 bits per heavy atom. The number of carbonyl (C=O) groups excluding carboxylic acids is 2. The number of nitrogens with zero attached hydrogens (tertiary/aromatic N) is 1. The van der Waals surface area contributed by atoms with Crippen molar-refractivity contribution in [3.63, 3.8) is 0 Å². The Morgan fingerprint density at radius 1 is 1.13 bits per heavy atom. The van der Waals surface area contributed by atoms with Crippen LogP contribution >= 0.6 is 11.6 Å². The second-order valence-electron chi connectivity index (χ2n) is 7.97. The van der Waals surface area contributed by atoms with Crippen molar-refractivity contribution in [1.82, 2.24) is 10.2 Å². The fourth-order valence-corrected chi connectivity index (χ4v) is 3.88. The molecule has 2 fully saturated rings. The molecule has 4 rings (SSSR count). The molecule has 1 saturated carbocycles. The highest BCUT2D eigenvalue weighted by atomic mass is 35.5. The Kier molecular flexibility index (Phi) is 6.23. The summed E-state index contributed by atoms with van der Waals surface area (Å²) in [4.78, 5) is 26.6. The minimum atomic E-state index is -0.461. The molecule has 2 aliphatic rings. The van der Waals surface area contributed by atoms with Gasteiger partial charge in [0, 0.05) is 30.6 Å². The van der Waals surface area contributed by atoms with Crippen LogP contribution in [0.1, 0.15) is 46.4 Å². The van der Waals surface area contributed by atoms with Crippen molar-refractivity contribution in [3.8, 4) is 5.75 Å². The fourth-order valence-electron chi connectivity index (χ4n) is 3.63. The van der Waals surface area contributed by atoms with Gasteiger partial charge in [-0.1, -0.05) is 11.6 Å². The molecule has 1 heterocycles. The van der Waals surface area contributed by atoms with Crippen molar-refractivity contribution in [2.24, 2.45) is 5.92 Å². The molecular formula is C23H24ClFN2O3. The number of hydrogen-bond donors (Lipinski definition) is 1. The summed E-state index contributed by atoms with van der Waals surface area (Å²) in [6.07, 6.45) is 3.95. The summed E-state index contributed by atoms with van der Waals surface area (Å²) in [5.41, 5.74) is 0.944. The zero-order chi connectivity index (χ0) is 21.1. The zero-order valence-corrected chi connectivity index (χ0v) is 17.3. The summed E-state index contributed by atoms with van der Waals surface area (Å²) in [6, 6.07) is 11.3. The summed E-state index contributed by atoms with van der Waals surface area (Å²) in [5.74, 6) is 0.195. The van der Waals surface area contributed by atoms with E-state index in [2.05, 4.69) is 5.32 Å². The molecule has 0 spiro atoms. The number of benzene rings is 2. The van der Waals surface area contributed by atoms with Crippen molar-refractivity contribution in [3.05, 3.63) is 64.4 Å². The van der Waals surface area contributed by atoms with Crippen LogP contribution in [-0.2, 0) is 0 Å². The van der Waals surface area contributed by atoms with Gasteiger partial charge < -0.3 is 15.0 Å². The molecule has 1 aliphatic carbocycles. The average molecular weight is 431 g/mol. The van der Waals surface area contributed by atoms with Crippen LogP contribution in [0.5, 0.6) is 5.75 Å². The summed E-state index contributed by atoms with van der Waals surface area (Å²) in [6.45, 7) is 1.69. The maximum atomic E-state index is 13.3. The molecule has 1 aliphatic heterocycles. The molecule has 2 aromatic carbocycles. The lowest BCUT2D eigenvalue weighted by molar-refractivity contribution is 0.0633. The van der Waals surface area contributed by atoms with Gasteiger partial charge in [-0.15, -0.1) is 0 Å². The second kappa shape index (κ2) is 9.04. The molecule has 30 heavy (non-hydrogen) atoms. The Morgan fingerprint density at radius 3 is 2.60 bits per heavy atom. The van der Waals surface area contributed by atoms with Crippen LogP contribution in [0.2, 0.25) is 5.02 Å². The highest BCUT2D eigenvalue weighted by Crippen LogP contribution is 2.24. The van der Waals surface area contributed by atoms with E-state index in [1.807, 2.05) is 0 Å². The van der Waals surface area contributed by atoms with Gasteiger partial charge in [0.15, 0.2) is 0 Å². The predicted molar refractivity (Wildman–Crippen MR) is 112 cm³/mol. The number of carbonyl (C=O) groups is 2. The summed E-state index contributed by atoms with van der Waals surface area (Å²) >= 11 is 6.05. The minimum absolute atomic E-state index is 0.0510. The molecule has 0 radical (unpaired) electrons. The highest BCUT2D eigenvalue weighted by Gasteiger charge is 2.26. The molecule has 1 saturated heterocycles. The summed E-state index contributed by atoms with van der Waals surface area (Å²) in [5, 5.41) is 3.09. The van der Waals surface area contributed by atoms with Crippen molar-refractivity contribution >= 4 is 23.4 Å². The normalized spacial score (nSPS) is 18.7. The number of likely N-dealkylation sites (tertiary alicyclic amines) is 1. The maximum absolute atomic E-state index is 13.3. The summed E-state index contributed by atoms with van der Waals surface area (Å²) < 4.78 is 19.2. The molecule has 1 atom stereocenters. The molecule has 158 valence electrons. The van der Waals surface area contributed by atoms with Gasteiger partial charge in [0.2, 0.25) is 0 Å². The van der Waals surface area contributed by atoms with Gasteiger partial charge in [-0.3, -0.25) is 9.59 Å². The van der Waals surface area contributed by atoms with Crippen LogP contribution in [0.4, 0.5) is 4.39 Å². The standard InChI is InChI=1S/C23H24ClFN2O3/c24-21-12-17(25)5-10-20(21)23(29)27-11-1-2-15(13-27)14-30-19-8-3-16(4-9-19)22(28)26-18-6-7-18/h3-5,8-10,12,15,18H,1-2,6-7,11,13-14H2,(H,26,28)/t15-/m0/s1. The fraction of sp³-hybridized carbons (Fsp3) is 0.391. The number of halogens is 2. The number of amides is 2. The minimum Gasteiger partial charge on any atom is -0.493 e. The van der Waals surface area contributed by atoms with Crippen molar-refractivity contribution in [2.75, 3.05) is 19.7 Å². The first-order chi connectivity index (χ1) is 14.5. The van der Waals surface area contributed by atoms with E-state index in [9.17, 15) is 14.0 Å². The Hall–Kier alpha value is -2.60. The molecule has 0 bridgehead atoms. The van der Waals surface area contributed by atoms with Crippen LogP contribution in [0.3, 0.4) is 0 Å².